The first-order chi connectivity index (χ1) is 8.38. The van der Waals surface area contributed by atoms with E-state index in [4.69, 9.17) is 0 Å². The summed E-state index contributed by atoms with van der Waals surface area (Å²) >= 11 is 0. The molecule has 1 amide bonds. The van der Waals surface area contributed by atoms with Gasteiger partial charge in [-0.3, -0.25) is 4.79 Å². The summed E-state index contributed by atoms with van der Waals surface area (Å²) in [5, 5.41) is 15.4. The Morgan fingerprint density at radius 1 is 1.33 bits per heavy atom. The van der Waals surface area contributed by atoms with E-state index in [0.717, 1.165) is 38.8 Å². The van der Waals surface area contributed by atoms with Crippen molar-refractivity contribution in [1.82, 2.24) is 10.6 Å². The lowest BCUT2D eigenvalue weighted by atomic mass is 9.79. The van der Waals surface area contributed by atoms with Gasteiger partial charge < -0.3 is 15.7 Å². The second-order valence-electron chi connectivity index (χ2n) is 6.05. The zero-order valence-corrected chi connectivity index (χ0v) is 11.1. The van der Waals surface area contributed by atoms with Crippen molar-refractivity contribution < 1.29 is 14.7 Å². The Bertz CT molecular complexity index is 359. The maximum Gasteiger partial charge on any atom is 0.329 e. The normalized spacial score (nSPS) is 26.1. The molecule has 5 heteroatoms. The molecule has 0 bridgehead atoms. The molecular formula is C13H22N2O3. The zero-order valence-electron chi connectivity index (χ0n) is 11.1. The molecule has 2 aliphatic rings. The fraction of sp³-hybridized carbons (Fsp3) is 0.846. The van der Waals surface area contributed by atoms with Crippen LogP contribution in [0.4, 0.5) is 0 Å². The summed E-state index contributed by atoms with van der Waals surface area (Å²) in [7, 11) is 0. The number of hydrogen-bond acceptors (Lipinski definition) is 3. The summed E-state index contributed by atoms with van der Waals surface area (Å²) in [4.78, 5) is 23.8. The van der Waals surface area contributed by atoms with E-state index >= 15 is 0 Å². The Labute approximate surface area is 107 Å². The van der Waals surface area contributed by atoms with Gasteiger partial charge in [0.1, 0.15) is 5.54 Å². The number of piperidine rings is 1. The highest BCUT2D eigenvalue weighted by Gasteiger charge is 2.50. The van der Waals surface area contributed by atoms with Gasteiger partial charge in [0.25, 0.3) is 0 Å². The van der Waals surface area contributed by atoms with Gasteiger partial charge in [0.05, 0.1) is 0 Å². The minimum atomic E-state index is -1.09. The molecule has 5 nitrogen and oxygen atoms in total. The van der Waals surface area contributed by atoms with Crippen molar-refractivity contribution in [3.8, 4) is 0 Å². The molecule has 0 aromatic carbocycles. The van der Waals surface area contributed by atoms with Crippen LogP contribution in [0.2, 0.25) is 0 Å². The van der Waals surface area contributed by atoms with E-state index in [1.165, 1.54) is 0 Å². The maximum absolute atomic E-state index is 12.4. The molecule has 102 valence electrons. The van der Waals surface area contributed by atoms with E-state index in [0.29, 0.717) is 0 Å². The van der Waals surface area contributed by atoms with Crippen LogP contribution in [-0.2, 0) is 9.59 Å². The third-order valence-corrected chi connectivity index (χ3v) is 4.47. The van der Waals surface area contributed by atoms with Crippen LogP contribution >= 0.6 is 0 Å². The van der Waals surface area contributed by atoms with E-state index < -0.39 is 16.9 Å². The molecule has 1 unspecified atom stereocenters. The number of hydrogen-bond donors (Lipinski definition) is 3. The smallest absolute Gasteiger partial charge is 0.329 e. The van der Waals surface area contributed by atoms with E-state index in [1.54, 1.807) is 6.92 Å². The molecule has 1 saturated carbocycles. The number of carboxylic acid groups (broad SMARTS) is 1. The molecular weight excluding hydrogens is 232 g/mol. The SMILES string of the molecule is CC1(C(=O)NC(C)(C(=O)O)C2CC2)CCNCC1. The number of rotatable bonds is 4. The molecule has 0 aromatic rings. The van der Waals surface area contributed by atoms with Crippen molar-refractivity contribution in [3.63, 3.8) is 0 Å². The average molecular weight is 254 g/mol. The van der Waals surface area contributed by atoms with E-state index in [1.807, 2.05) is 6.92 Å². The molecule has 1 aliphatic heterocycles. The predicted octanol–water partition coefficient (Wildman–Crippen LogP) is 0.746. The Morgan fingerprint density at radius 2 is 1.89 bits per heavy atom. The number of carbonyl (C=O) groups is 2. The van der Waals surface area contributed by atoms with Crippen LogP contribution in [0.5, 0.6) is 0 Å². The van der Waals surface area contributed by atoms with Gasteiger partial charge in [-0.25, -0.2) is 4.79 Å². The van der Waals surface area contributed by atoms with E-state index in [9.17, 15) is 14.7 Å². The average Bonchev–Trinajstić information content (AvgIpc) is 3.13. The molecule has 18 heavy (non-hydrogen) atoms. The lowest BCUT2D eigenvalue weighted by molar-refractivity contribution is -0.150. The van der Waals surface area contributed by atoms with Crippen molar-refractivity contribution in [1.29, 1.82) is 0 Å². The second kappa shape index (κ2) is 4.53. The van der Waals surface area contributed by atoms with Crippen LogP contribution in [0.15, 0.2) is 0 Å². The molecule has 1 aliphatic carbocycles. The van der Waals surface area contributed by atoms with Gasteiger partial charge in [-0.2, -0.15) is 0 Å². The summed E-state index contributed by atoms with van der Waals surface area (Å²) in [6, 6.07) is 0. The van der Waals surface area contributed by atoms with Gasteiger partial charge in [-0.15, -0.1) is 0 Å². The highest BCUT2D eigenvalue weighted by molar-refractivity contribution is 5.90. The second-order valence-corrected chi connectivity index (χ2v) is 6.05. The van der Waals surface area contributed by atoms with Gasteiger partial charge in [-0.1, -0.05) is 6.92 Å². The van der Waals surface area contributed by atoms with Crippen molar-refractivity contribution in [2.75, 3.05) is 13.1 Å². The Morgan fingerprint density at radius 3 is 2.33 bits per heavy atom. The Kier molecular flexibility index (Phi) is 3.36. The Balaban J connectivity index is 2.07. The fourth-order valence-corrected chi connectivity index (χ4v) is 2.58. The summed E-state index contributed by atoms with van der Waals surface area (Å²) in [6.07, 6.45) is 3.31. The van der Waals surface area contributed by atoms with Crippen LogP contribution < -0.4 is 10.6 Å². The summed E-state index contributed by atoms with van der Waals surface area (Å²) < 4.78 is 0. The predicted molar refractivity (Wildman–Crippen MR) is 67.1 cm³/mol. The van der Waals surface area contributed by atoms with E-state index in [2.05, 4.69) is 10.6 Å². The largest absolute Gasteiger partial charge is 0.480 e. The molecule has 2 fully saturated rings. The first-order valence-electron chi connectivity index (χ1n) is 6.65. The molecule has 1 saturated heterocycles. The number of carboxylic acids is 1. The Hall–Kier alpha value is -1.10. The molecule has 0 spiro atoms. The van der Waals surface area contributed by atoms with Crippen LogP contribution in [0, 0.1) is 11.3 Å². The van der Waals surface area contributed by atoms with Crippen molar-refractivity contribution in [2.24, 2.45) is 11.3 Å². The molecule has 2 rings (SSSR count). The number of aliphatic carboxylic acids is 1. The molecule has 1 heterocycles. The minimum Gasteiger partial charge on any atom is -0.480 e. The van der Waals surface area contributed by atoms with Crippen LogP contribution in [-0.4, -0.2) is 35.6 Å². The van der Waals surface area contributed by atoms with Crippen LogP contribution in [0.25, 0.3) is 0 Å². The van der Waals surface area contributed by atoms with Gasteiger partial charge >= 0.3 is 5.97 Å². The standard InChI is InChI=1S/C13H22N2O3/c1-12(5-7-14-8-6-12)10(16)15-13(2,11(17)18)9-3-4-9/h9,14H,3-8H2,1-2H3,(H,15,16)(H,17,18). The first kappa shape index (κ1) is 13.3. The monoisotopic (exact) mass is 254 g/mol. The molecule has 1 atom stereocenters. The number of carbonyl (C=O) groups excluding carboxylic acids is 1. The van der Waals surface area contributed by atoms with Crippen LogP contribution in [0.3, 0.4) is 0 Å². The van der Waals surface area contributed by atoms with Gasteiger partial charge in [0.2, 0.25) is 5.91 Å². The van der Waals surface area contributed by atoms with Gasteiger partial charge in [-0.05, 0) is 51.6 Å². The summed E-state index contributed by atoms with van der Waals surface area (Å²) in [5.41, 5.74) is -1.53. The third kappa shape index (κ3) is 2.36. The highest BCUT2D eigenvalue weighted by Crippen LogP contribution is 2.40. The molecule has 0 aromatic heterocycles. The lowest BCUT2D eigenvalue weighted by Crippen LogP contribution is -2.58. The van der Waals surface area contributed by atoms with Crippen LogP contribution in [0.1, 0.15) is 39.5 Å². The minimum absolute atomic E-state index is 0.0873. The number of amides is 1. The quantitative estimate of drug-likeness (QED) is 0.691. The highest BCUT2D eigenvalue weighted by atomic mass is 16.4. The molecule has 3 N–H and O–H groups in total. The number of nitrogens with one attached hydrogen (secondary N) is 2. The topological polar surface area (TPSA) is 78.4 Å². The fourth-order valence-electron chi connectivity index (χ4n) is 2.58. The van der Waals surface area contributed by atoms with Gasteiger partial charge in [0, 0.05) is 5.41 Å². The summed E-state index contributed by atoms with van der Waals surface area (Å²) in [5.74, 6) is -0.944. The van der Waals surface area contributed by atoms with Gasteiger partial charge in [0.15, 0.2) is 0 Å². The van der Waals surface area contributed by atoms with Crippen molar-refractivity contribution in [3.05, 3.63) is 0 Å². The zero-order chi connectivity index (χ0) is 13.4. The molecule has 0 radical (unpaired) electrons. The van der Waals surface area contributed by atoms with Crippen molar-refractivity contribution in [2.45, 2.75) is 45.1 Å². The third-order valence-electron chi connectivity index (χ3n) is 4.47. The summed E-state index contributed by atoms with van der Waals surface area (Å²) in [6.45, 7) is 5.20. The van der Waals surface area contributed by atoms with E-state index in [-0.39, 0.29) is 11.8 Å². The van der Waals surface area contributed by atoms with Crippen molar-refractivity contribution >= 4 is 11.9 Å². The maximum atomic E-state index is 12.4. The first-order valence-corrected chi connectivity index (χ1v) is 6.65. The lowest BCUT2D eigenvalue weighted by Gasteiger charge is -2.36.